The second-order valence-electron chi connectivity index (χ2n) is 3.32. The van der Waals surface area contributed by atoms with Crippen LogP contribution in [0.2, 0.25) is 0 Å². The monoisotopic (exact) mass is 235 g/mol. The summed E-state index contributed by atoms with van der Waals surface area (Å²) >= 11 is 0. The summed E-state index contributed by atoms with van der Waals surface area (Å²) in [7, 11) is 1.46. The van der Waals surface area contributed by atoms with E-state index in [1.54, 1.807) is 0 Å². The van der Waals surface area contributed by atoms with Gasteiger partial charge in [-0.05, 0) is 6.07 Å². The summed E-state index contributed by atoms with van der Waals surface area (Å²) in [4.78, 5) is 11.4. The van der Waals surface area contributed by atoms with Crippen molar-refractivity contribution in [2.45, 2.75) is 6.10 Å². The predicted molar refractivity (Wildman–Crippen MR) is 56.8 cm³/mol. The minimum absolute atomic E-state index is 0.323. The van der Waals surface area contributed by atoms with Gasteiger partial charge in [0.05, 0.1) is 19.0 Å². The number of methoxy groups -OCH3 is 1. The van der Waals surface area contributed by atoms with Gasteiger partial charge in [0.2, 0.25) is 5.88 Å². The highest BCUT2D eigenvalue weighted by Crippen LogP contribution is 2.21. The molecule has 2 aromatic rings. The van der Waals surface area contributed by atoms with Gasteiger partial charge in [0.15, 0.2) is 0 Å². The lowest BCUT2D eigenvalue weighted by molar-refractivity contribution is 0.213. The Morgan fingerprint density at radius 3 is 2.82 bits per heavy atom. The average Bonchev–Trinajstić information content (AvgIpc) is 2.38. The number of rotatable bonds is 3. The molecule has 0 aromatic carbocycles. The Morgan fingerprint density at radius 1 is 1.29 bits per heavy atom. The van der Waals surface area contributed by atoms with E-state index in [-0.39, 0.29) is 0 Å². The van der Waals surface area contributed by atoms with Crippen LogP contribution in [0.25, 0.3) is 0 Å². The van der Waals surface area contributed by atoms with Crippen LogP contribution in [0.5, 0.6) is 5.88 Å². The molecule has 1 atom stereocenters. The molecule has 1 unspecified atom stereocenters. The van der Waals surface area contributed by atoms with Gasteiger partial charge in [-0.1, -0.05) is 0 Å². The Labute approximate surface area is 97.0 Å². The van der Waals surface area contributed by atoms with Crippen molar-refractivity contribution in [1.82, 2.24) is 15.0 Å². The fraction of sp³-hybridized carbons (Fsp3) is 0.182. The third kappa shape index (κ3) is 2.54. The van der Waals surface area contributed by atoms with E-state index in [1.165, 1.54) is 31.8 Å². The lowest BCUT2D eigenvalue weighted by Gasteiger charge is -2.10. The highest BCUT2D eigenvalue weighted by molar-refractivity contribution is 5.25. The first-order valence-corrected chi connectivity index (χ1v) is 4.85. The first kappa shape index (κ1) is 11.4. The molecular formula is C11H10FN3O2. The number of ether oxygens (including phenoxy) is 1. The molecule has 0 saturated carbocycles. The van der Waals surface area contributed by atoms with Gasteiger partial charge in [-0.3, -0.25) is 4.98 Å². The largest absolute Gasteiger partial charge is 0.481 e. The smallest absolute Gasteiger partial charge is 0.216 e. The summed E-state index contributed by atoms with van der Waals surface area (Å²) in [5.74, 6) is -0.180. The maximum Gasteiger partial charge on any atom is 0.216 e. The fourth-order valence-electron chi connectivity index (χ4n) is 1.36. The molecule has 0 aliphatic rings. The van der Waals surface area contributed by atoms with Crippen molar-refractivity contribution in [3.8, 4) is 5.88 Å². The molecule has 2 aromatic heterocycles. The highest BCUT2D eigenvalue weighted by atomic mass is 19.1. The van der Waals surface area contributed by atoms with Gasteiger partial charge in [0.1, 0.15) is 18.2 Å². The molecule has 0 fully saturated rings. The molecule has 0 spiro atoms. The minimum atomic E-state index is -1.06. The molecule has 0 radical (unpaired) electrons. The molecule has 0 saturated heterocycles. The number of nitrogens with zero attached hydrogens (tertiary/aromatic N) is 3. The van der Waals surface area contributed by atoms with Crippen molar-refractivity contribution in [1.29, 1.82) is 0 Å². The lowest BCUT2D eigenvalue weighted by atomic mass is 10.1. The van der Waals surface area contributed by atoms with E-state index in [0.717, 1.165) is 6.20 Å². The van der Waals surface area contributed by atoms with E-state index in [0.29, 0.717) is 17.1 Å². The van der Waals surface area contributed by atoms with Gasteiger partial charge < -0.3 is 9.84 Å². The molecule has 6 heteroatoms. The fourth-order valence-corrected chi connectivity index (χ4v) is 1.36. The number of aromatic nitrogens is 3. The van der Waals surface area contributed by atoms with Crippen LogP contribution in [0.1, 0.15) is 17.4 Å². The molecule has 17 heavy (non-hydrogen) atoms. The van der Waals surface area contributed by atoms with Gasteiger partial charge >= 0.3 is 0 Å². The summed E-state index contributed by atoms with van der Waals surface area (Å²) < 4.78 is 17.9. The summed E-state index contributed by atoms with van der Waals surface area (Å²) in [5.41, 5.74) is 0.648. The van der Waals surface area contributed by atoms with Crippen molar-refractivity contribution in [3.63, 3.8) is 0 Å². The number of halogens is 1. The normalized spacial score (nSPS) is 12.2. The van der Waals surface area contributed by atoms with Gasteiger partial charge in [0.25, 0.3) is 0 Å². The highest BCUT2D eigenvalue weighted by Gasteiger charge is 2.14. The molecule has 0 bridgehead atoms. The summed E-state index contributed by atoms with van der Waals surface area (Å²) in [6.07, 6.45) is 2.65. The molecule has 0 aliphatic carbocycles. The minimum Gasteiger partial charge on any atom is -0.481 e. The van der Waals surface area contributed by atoms with Crippen molar-refractivity contribution >= 4 is 0 Å². The zero-order chi connectivity index (χ0) is 12.3. The lowest BCUT2D eigenvalue weighted by Crippen LogP contribution is -2.04. The molecule has 1 N–H and O–H groups in total. The van der Waals surface area contributed by atoms with Gasteiger partial charge in [-0.15, -0.1) is 0 Å². The Bertz CT molecular complexity index is 522. The quantitative estimate of drug-likeness (QED) is 0.862. The van der Waals surface area contributed by atoms with Crippen LogP contribution in [0.15, 0.2) is 30.9 Å². The third-order valence-corrected chi connectivity index (χ3v) is 2.19. The first-order valence-electron chi connectivity index (χ1n) is 4.85. The van der Waals surface area contributed by atoms with E-state index < -0.39 is 11.9 Å². The molecule has 0 amide bonds. The van der Waals surface area contributed by atoms with Crippen LogP contribution in [-0.2, 0) is 0 Å². The Balaban J connectivity index is 2.33. The van der Waals surface area contributed by atoms with Crippen molar-refractivity contribution in [2.24, 2.45) is 0 Å². The summed E-state index contributed by atoms with van der Waals surface area (Å²) in [6.45, 7) is 0. The molecule has 5 nitrogen and oxygen atoms in total. The standard InChI is InChI=1S/C11H10FN3O2/c1-17-10-3-9(14-6-15-10)11(16)7-2-8(12)5-13-4-7/h2-6,11,16H,1H3. The second kappa shape index (κ2) is 4.84. The zero-order valence-electron chi connectivity index (χ0n) is 9.04. The van der Waals surface area contributed by atoms with Crippen LogP contribution >= 0.6 is 0 Å². The van der Waals surface area contributed by atoms with Crippen molar-refractivity contribution < 1.29 is 14.2 Å². The van der Waals surface area contributed by atoms with Gasteiger partial charge in [0, 0.05) is 17.8 Å². The second-order valence-corrected chi connectivity index (χ2v) is 3.32. The summed E-state index contributed by atoms with van der Waals surface area (Å²) in [5, 5.41) is 9.98. The van der Waals surface area contributed by atoms with Crippen LogP contribution in [0, 0.1) is 5.82 Å². The van der Waals surface area contributed by atoms with E-state index in [9.17, 15) is 9.50 Å². The molecule has 2 rings (SSSR count). The van der Waals surface area contributed by atoms with Crippen LogP contribution in [0.3, 0.4) is 0 Å². The number of hydrogen-bond acceptors (Lipinski definition) is 5. The predicted octanol–water partition coefficient (Wildman–Crippen LogP) is 1.10. The van der Waals surface area contributed by atoms with Crippen molar-refractivity contribution in [3.05, 3.63) is 47.9 Å². The average molecular weight is 235 g/mol. The van der Waals surface area contributed by atoms with Gasteiger partial charge in [-0.2, -0.15) is 0 Å². The van der Waals surface area contributed by atoms with E-state index in [2.05, 4.69) is 15.0 Å². The maximum absolute atomic E-state index is 13.0. The molecule has 88 valence electrons. The number of aliphatic hydroxyl groups is 1. The van der Waals surface area contributed by atoms with E-state index >= 15 is 0 Å². The summed E-state index contributed by atoms with van der Waals surface area (Å²) in [6, 6.07) is 2.68. The molecule has 2 heterocycles. The van der Waals surface area contributed by atoms with E-state index in [1.807, 2.05) is 0 Å². The van der Waals surface area contributed by atoms with Crippen LogP contribution < -0.4 is 4.74 Å². The third-order valence-electron chi connectivity index (χ3n) is 2.19. The van der Waals surface area contributed by atoms with Crippen LogP contribution in [0.4, 0.5) is 4.39 Å². The maximum atomic E-state index is 13.0. The molecular weight excluding hydrogens is 225 g/mol. The van der Waals surface area contributed by atoms with Gasteiger partial charge in [-0.25, -0.2) is 14.4 Å². The number of aliphatic hydroxyl groups excluding tert-OH is 1. The number of pyridine rings is 1. The Kier molecular flexibility index (Phi) is 3.24. The molecule has 0 aliphatic heterocycles. The Morgan fingerprint density at radius 2 is 2.12 bits per heavy atom. The SMILES string of the molecule is COc1cc(C(O)c2cncc(F)c2)ncn1. The Hall–Kier alpha value is -2.08. The van der Waals surface area contributed by atoms with Crippen molar-refractivity contribution in [2.75, 3.05) is 7.11 Å². The topological polar surface area (TPSA) is 68.1 Å². The zero-order valence-corrected chi connectivity index (χ0v) is 9.04. The van der Waals surface area contributed by atoms with Crippen LogP contribution in [-0.4, -0.2) is 27.2 Å². The van der Waals surface area contributed by atoms with E-state index in [4.69, 9.17) is 4.74 Å². The number of hydrogen-bond donors (Lipinski definition) is 1. The first-order chi connectivity index (χ1) is 8.20.